The summed E-state index contributed by atoms with van der Waals surface area (Å²) in [6.45, 7) is -0.107. The summed E-state index contributed by atoms with van der Waals surface area (Å²) < 4.78 is 29.8. The molecule has 3 N–H and O–H groups in total. The number of hydrogen-bond acceptors (Lipinski definition) is 7. The molecule has 3 aromatic carbocycles. The van der Waals surface area contributed by atoms with E-state index in [-0.39, 0.29) is 13.2 Å². The van der Waals surface area contributed by atoms with Gasteiger partial charge in [0.15, 0.2) is 18.1 Å². The monoisotopic (exact) mass is 600 g/mol. The summed E-state index contributed by atoms with van der Waals surface area (Å²) >= 11 is 3.34. The van der Waals surface area contributed by atoms with Crippen LogP contribution in [0.1, 0.15) is 11.1 Å². The maximum atomic E-state index is 13.0. The summed E-state index contributed by atoms with van der Waals surface area (Å²) in [7, 11) is 3.07. The molecule has 10 nitrogen and oxygen atoms in total. The van der Waals surface area contributed by atoms with Gasteiger partial charge in [-0.2, -0.15) is 5.10 Å². The van der Waals surface area contributed by atoms with Gasteiger partial charge in [0.2, 0.25) is 0 Å². The van der Waals surface area contributed by atoms with Crippen molar-refractivity contribution in [2.45, 2.75) is 6.42 Å². The molecule has 0 aliphatic carbocycles. The van der Waals surface area contributed by atoms with Crippen LogP contribution in [0, 0.1) is 5.82 Å². The Kier molecular flexibility index (Phi) is 10.8. The molecule has 0 saturated carbocycles. The summed E-state index contributed by atoms with van der Waals surface area (Å²) in [6, 6.07) is 15.7. The van der Waals surface area contributed by atoms with E-state index in [9.17, 15) is 18.8 Å². The molecule has 204 valence electrons. The van der Waals surface area contributed by atoms with Gasteiger partial charge in [0.1, 0.15) is 11.6 Å². The highest BCUT2D eigenvalue weighted by Crippen LogP contribution is 2.27. The fraction of sp³-hybridized carbons (Fsp3) is 0.185. The minimum atomic E-state index is -0.949. The van der Waals surface area contributed by atoms with Gasteiger partial charge in [-0.05, 0) is 66.6 Å². The number of ether oxygens (including phenoxy) is 3. The average molecular weight is 601 g/mol. The molecule has 0 saturated heterocycles. The van der Waals surface area contributed by atoms with Gasteiger partial charge >= 0.3 is 11.8 Å². The van der Waals surface area contributed by atoms with Gasteiger partial charge in [-0.25, -0.2) is 9.82 Å². The van der Waals surface area contributed by atoms with Crippen molar-refractivity contribution in [1.82, 2.24) is 10.7 Å². The van der Waals surface area contributed by atoms with E-state index in [1.807, 2.05) is 6.07 Å². The second kappa shape index (κ2) is 14.5. The molecule has 3 rings (SSSR count). The first-order valence-electron chi connectivity index (χ1n) is 11.6. The fourth-order valence-electron chi connectivity index (χ4n) is 3.27. The lowest BCUT2D eigenvalue weighted by molar-refractivity contribution is -0.139. The fourth-order valence-corrected chi connectivity index (χ4v) is 3.65. The number of hydrogen-bond donors (Lipinski definition) is 3. The van der Waals surface area contributed by atoms with Crippen molar-refractivity contribution in [1.29, 1.82) is 0 Å². The maximum absolute atomic E-state index is 13.0. The third-order valence-electron chi connectivity index (χ3n) is 5.18. The number of rotatable bonds is 11. The summed E-state index contributed by atoms with van der Waals surface area (Å²) in [5.41, 5.74) is 3.91. The van der Waals surface area contributed by atoms with Crippen molar-refractivity contribution in [3.8, 4) is 17.2 Å². The number of benzene rings is 3. The van der Waals surface area contributed by atoms with E-state index < -0.39 is 23.5 Å². The van der Waals surface area contributed by atoms with Gasteiger partial charge in [0.05, 0.1) is 20.4 Å². The van der Waals surface area contributed by atoms with Crippen molar-refractivity contribution in [3.05, 3.63) is 82.1 Å². The van der Waals surface area contributed by atoms with Crippen LogP contribution in [-0.4, -0.2) is 51.3 Å². The van der Waals surface area contributed by atoms with Crippen molar-refractivity contribution < 1.29 is 33.0 Å². The molecule has 12 heteroatoms. The Labute approximate surface area is 232 Å². The second-order valence-corrected chi connectivity index (χ2v) is 8.84. The Morgan fingerprint density at radius 2 is 1.64 bits per heavy atom. The molecule has 3 amide bonds. The van der Waals surface area contributed by atoms with E-state index >= 15 is 0 Å². The number of hydrazone groups is 1. The number of nitrogens with one attached hydrogen (secondary N) is 3. The predicted molar refractivity (Wildman–Crippen MR) is 147 cm³/mol. The summed E-state index contributed by atoms with van der Waals surface area (Å²) in [6.07, 6.45) is 1.75. The molecule has 39 heavy (non-hydrogen) atoms. The van der Waals surface area contributed by atoms with Gasteiger partial charge in [0.25, 0.3) is 5.91 Å². The predicted octanol–water partition coefficient (Wildman–Crippen LogP) is 3.43. The summed E-state index contributed by atoms with van der Waals surface area (Å²) in [5.74, 6) is -1.20. The number of carbonyl (C=O) groups excluding carboxylic acids is 3. The molecule has 0 atom stereocenters. The van der Waals surface area contributed by atoms with Gasteiger partial charge < -0.3 is 24.8 Å². The lowest BCUT2D eigenvalue weighted by Crippen LogP contribution is -2.38. The molecule has 0 spiro atoms. The lowest BCUT2D eigenvalue weighted by Gasteiger charge is -2.10. The third-order valence-corrected chi connectivity index (χ3v) is 5.67. The molecule has 0 heterocycles. The molecule has 0 aliphatic heterocycles. The van der Waals surface area contributed by atoms with Crippen molar-refractivity contribution in [2.75, 3.05) is 32.7 Å². The van der Waals surface area contributed by atoms with Crippen LogP contribution in [0.2, 0.25) is 0 Å². The van der Waals surface area contributed by atoms with Crippen LogP contribution in [0.5, 0.6) is 17.2 Å². The maximum Gasteiger partial charge on any atom is 0.329 e. The van der Waals surface area contributed by atoms with Gasteiger partial charge in [0, 0.05) is 22.3 Å². The number of anilines is 1. The van der Waals surface area contributed by atoms with Crippen LogP contribution in [0.4, 0.5) is 10.1 Å². The second-order valence-electron chi connectivity index (χ2n) is 7.92. The van der Waals surface area contributed by atoms with Crippen LogP contribution in [0.25, 0.3) is 0 Å². The minimum absolute atomic E-state index is 0.217. The van der Waals surface area contributed by atoms with Crippen molar-refractivity contribution >= 4 is 45.6 Å². The van der Waals surface area contributed by atoms with Gasteiger partial charge in [-0.15, -0.1) is 0 Å². The zero-order valence-electron chi connectivity index (χ0n) is 21.1. The normalized spacial score (nSPS) is 10.6. The Bertz CT molecular complexity index is 1350. The Morgan fingerprint density at radius 3 is 2.36 bits per heavy atom. The SMILES string of the molecule is COc1ccc(CCNC(=O)C(=O)N/N=C\c2cc(Br)ccc2OCC(=O)Nc2ccc(F)cc2)cc1OC. The first-order valence-corrected chi connectivity index (χ1v) is 12.4. The number of carbonyl (C=O) groups is 3. The van der Waals surface area contributed by atoms with E-state index in [2.05, 4.69) is 37.1 Å². The van der Waals surface area contributed by atoms with Crippen LogP contribution in [-0.2, 0) is 20.8 Å². The number of amides is 3. The molecule has 3 aromatic rings. The van der Waals surface area contributed by atoms with Crippen LogP contribution >= 0.6 is 15.9 Å². The molecular weight excluding hydrogens is 575 g/mol. The highest BCUT2D eigenvalue weighted by molar-refractivity contribution is 9.10. The van der Waals surface area contributed by atoms with Gasteiger partial charge in [-0.3, -0.25) is 14.4 Å². The molecule has 0 fully saturated rings. The molecule has 0 aromatic heterocycles. The van der Waals surface area contributed by atoms with E-state index in [0.717, 1.165) is 5.56 Å². The van der Waals surface area contributed by atoms with E-state index in [1.165, 1.54) is 37.6 Å². The topological polar surface area (TPSA) is 127 Å². The number of methoxy groups -OCH3 is 2. The largest absolute Gasteiger partial charge is 0.493 e. The highest BCUT2D eigenvalue weighted by atomic mass is 79.9. The van der Waals surface area contributed by atoms with E-state index in [1.54, 1.807) is 37.4 Å². The van der Waals surface area contributed by atoms with Crippen LogP contribution in [0.15, 0.2) is 70.2 Å². The molecular formula is C27H26BrFN4O6. The summed E-state index contributed by atoms with van der Waals surface area (Å²) in [5, 5.41) is 8.94. The van der Waals surface area contributed by atoms with Gasteiger partial charge in [-0.1, -0.05) is 22.0 Å². The number of nitrogens with zero attached hydrogens (tertiary/aromatic N) is 1. The quantitative estimate of drug-likeness (QED) is 0.176. The molecule has 0 bridgehead atoms. The number of halogens is 2. The van der Waals surface area contributed by atoms with E-state index in [0.29, 0.717) is 39.4 Å². The van der Waals surface area contributed by atoms with Crippen molar-refractivity contribution in [2.24, 2.45) is 5.10 Å². The lowest BCUT2D eigenvalue weighted by atomic mass is 10.1. The Morgan fingerprint density at radius 1 is 0.923 bits per heavy atom. The smallest absolute Gasteiger partial charge is 0.329 e. The van der Waals surface area contributed by atoms with Crippen molar-refractivity contribution in [3.63, 3.8) is 0 Å². The molecule has 0 radical (unpaired) electrons. The van der Waals surface area contributed by atoms with E-state index in [4.69, 9.17) is 14.2 Å². The first-order chi connectivity index (χ1) is 18.8. The Balaban J connectivity index is 1.49. The third kappa shape index (κ3) is 9.11. The Hall–Kier alpha value is -4.45. The van der Waals surface area contributed by atoms with Crippen LogP contribution in [0.3, 0.4) is 0 Å². The molecule has 0 unspecified atom stereocenters. The first kappa shape index (κ1) is 29.1. The minimum Gasteiger partial charge on any atom is -0.493 e. The summed E-state index contributed by atoms with van der Waals surface area (Å²) in [4.78, 5) is 36.4. The van der Waals surface area contributed by atoms with Crippen LogP contribution < -0.4 is 30.3 Å². The zero-order chi connectivity index (χ0) is 28.2. The highest BCUT2D eigenvalue weighted by Gasteiger charge is 2.13. The zero-order valence-corrected chi connectivity index (χ0v) is 22.7. The standard InChI is InChI=1S/C27H26BrFN4O6/c1-37-23-9-3-17(13-24(23)38-2)11-12-30-26(35)27(36)33-31-15-18-14-19(28)4-10-22(18)39-16-25(34)32-21-7-5-20(29)6-8-21/h3-10,13-15H,11-12,16H2,1-2H3,(H,30,35)(H,32,34)(H,33,36)/b31-15-. The average Bonchev–Trinajstić information content (AvgIpc) is 2.93. The molecule has 0 aliphatic rings.